The zero-order chi connectivity index (χ0) is 21.3. The van der Waals surface area contributed by atoms with Crippen molar-refractivity contribution in [1.82, 2.24) is 4.90 Å². The molecule has 1 heterocycles. The topological polar surface area (TPSA) is 66.8 Å². The van der Waals surface area contributed by atoms with Gasteiger partial charge in [0.1, 0.15) is 11.6 Å². The van der Waals surface area contributed by atoms with Crippen molar-refractivity contribution in [3.05, 3.63) is 52.8 Å². The molecular weight excluding hydrogens is 411 g/mol. The Morgan fingerprint density at radius 1 is 1.24 bits per heavy atom. The maximum Gasteiger partial charge on any atom is 0.344 e. The van der Waals surface area contributed by atoms with Crippen LogP contribution in [-0.2, 0) is 4.79 Å². The molecule has 5 nitrogen and oxygen atoms in total. The van der Waals surface area contributed by atoms with E-state index in [2.05, 4.69) is 0 Å². The minimum Gasteiger partial charge on any atom is -0.479 e. The fourth-order valence-electron chi connectivity index (χ4n) is 3.01. The number of hydrogen-bond donors (Lipinski definition) is 1. The number of nitrogens with zero attached hydrogens (tertiary/aromatic N) is 1. The van der Waals surface area contributed by atoms with E-state index in [-0.39, 0.29) is 17.9 Å². The normalized spacial score (nSPS) is 16.5. The molecule has 1 aliphatic heterocycles. The summed E-state index contributed by atoms with van der Waals surface area (Å²) in [6.07, 6.45) is -1.61. The van der Waals surface area contributed by atoms with E-state index in [0.717, 1.165) is 11.0 Å². The highest BCUT2D eigenvalue weighted by molar-refractivity contribution is 6.31. The molecule has 1 atom stereocenters. The Bertz CT molecular complexity index is 967. The molecule has 1 amide bonds. The number of carbonyl (C=O) groups is 2. The van der Waals surface area contributed by atoms with Crippen molar-refractivity contribution >= 4 is 23.5 Å². The number of rotatable bonds is 5. The minimum absolute atomic E-state index is 0.146. The molecule has 0 saturated carbocycles. The molecule has 0 aromatic heterocycles. The maximum atomic E-state index is 14.7. The Morgan fingerprint density at radius 2 is 1.97 bits per heavy atom. The lowest BCUT2D eigenvalue weighted by atomic mass is 10.0. The van der Waals surface area contributed by atoms with Gasteiger partial charge in [-0.15, -0.1) is 0 Å². The van der Waals surface area contributed by atoms with Crippen molar-refractivity contribution in [3.63, 3.8) is 0 Å². The molecular formula is C20H17ClF3NO4. The second kappa shape index (κ2) is 7.94. The Labute approximate surface area is 169 Å². The summed E-state index contributed by atoms with van der Waals surface area (Å²) >= 11 is 6.00. The van der Waals surface area contributed by atoms with Crippen molar-refractivity contribution in [3.8, 4) is 16.9 Å². The molecule has 9 heteroatoms. The van der Waals surface area contributed by atoms with Crippen LogP contribution >= 0.6 is 11.6 Å². The first-order valence-corrected chi connectivity index (χ1v) is 9.11. The highest BCUT2D eigenvalue weighted by Crippen LogP contribution is 2.35. The monoisotopic (exact) mass is 427 g/mol. The van der Waals surface area contributed by atoms with Gasteiger partial charge in [-0.1, -0.05) is 17.7 Å². The zero-order valence-corrected chi connectivity index (χ0v) is 16.0. The van der Waals surface area contributed by atoms with E-state index < -0.39 is 42.7 Å². The van der Waals surface area contributed by atoms with Gasteiger partial charge >= 0.3 is 5.97 Å². The lowest BCUT2D eigenvalue weighted by Gasteiger charge is -2.18. The van der Waals surface area contributed by atoms with E-state index in [4.69, 9.17) is 21.4 Å². The van der Waals surface area contributed by atoms with Crippen LogP contribution in [0.4, 0.5) is 13.2 Å². The molecule has 1 saturated heterocycles. The van der Waals surface area contributed by atoms with Crippen molar-refractivity contribution in [2.75, 3.05) is 13.1 Å². The predicted octanol–water partition coefficient (Wildman–Crippen LogP) is 4.48. The first-order valence-electron chi connectivity index (χ1n) is 8.73. The van der Waals surface area contributed by atoms with Gasteiger partial charge in [-0.05, 0) is 42.8 Å². The van der Waals surface area contributed by atoms with Crippen LogP contribution in [0.3, 0.4) is 0 Å². The summed E-state index contributed by atoms with van der Waals surface area (Å²) in [6.45, 7) is 0.452. The summed E-state index contributed by atoms with van der Waals surface area (Å²) in [5, 5.41) is 9.35. The van der Waals surface area contributed by atoms with Gasteiger partial charge in [0.15, 0.2) is 6.10 Å². The minimum atomic E-state index is -2.97. The number of likely N-dealkylation sites (tertiary alicyclic amines) is 1. The van der Waals surface area contributed by atoms with Gasteiger partial charge < -0.3 is 14.7 Å². The molecule has 154 valence electrons. The van der Waals surface area contributed by atoms with Crippen molar-refractivity contribution in [2.45, 2.75) is 25.4 Å². The molecule has 0 spiro atoms. The van der Waals surface area contributed by atoms with Crippen LogP contribution in [0.1, 0.15) is 23.7 Å². The number of amides is 1. The third kappa shape index (κ3) is 4.64. The van der Waals surface area contributed by atoms with Gasteiger partial charge in [0.25, 0.3) is 11.8 Å². The van der Waals surface area contributed by atoms with Crippen LogP contribution < -0.4 is 4.74 Å². The molecule has 0 aliphatic carbocycles. The molecule has 1 aliphatic rings. The Morgan fingerprint density at radius 3 is 2.55 bits per heavy atom. The average Bonchev–Trinajstić information content (AvgIpc) is 3.02. The van der Waals surface area contributed by atoms with Crippen molar-refractivity contribution in [1.29, 1.82) is 0 Å². The molecule has 29 heavy (non-hydrogen) atoms. The second-order valence-corrected chi connectivity index (χ2v) is 7.20. The summed E-state index contributed by atoms with van der Waals surface area (Å²) in [6, 6.07) is 8.12. The number of hydrogen-bond acceptors (Lipinski definition) is 3. The highest BCUT2D eigenvalue weighted by Gasteiger charge is 2.40. The summed E-state index contributed by atoms with van der Waals surface area (Å²) in [4.78, 5) is 24.4. The fourth-order valence-corrected chi connectivity index (χ4v) is 3.18. The van der Waals surface area contributed by atoms with Crippen LogP contribution in [0.25, 0.3) is 11.1 Å². The molecule has 2 aromatic carbocycles. The highest BCUT2D eigenvalue weighted by atomic mass is 35.5. The quantitative estimate of drug-likeness (QED) is 0.764. The van der Waals surface area contributed by atoms with Gasteiger partial charge in [0.2, 0.25) is 0 Å². The zero-order valence-electron chi connectivity index (χ0n) is 15.3. The van der Waals surface area contributed by atoms with Crippen molar-refractivity contribution < 1.29 is 32.6 Å². The number of alkyl halides is 2. The van der Waals surface area contributed by atoms with Crippen LogP contribution in [0, 0.1) is 5.82 Å². The van der Waals surface area contributed by atoms with E-state index in [1.807, 2.05) is 0 Å². The van der Waals surface area contributed by atoms with E-state index in [1.54, 1.807) is 0 Å². The summed E-state index contributed by atoms with van der Waals surface area (Å²) in [5.41, 5.74) is 0.298. The number of carboxylic acids is 1. The van der Waals surface area contributed by atoms with Crippen LogP contribution in [0.2, 0.25) is 5.02 Å². The summed E-state index contributed by atoms with van der Waals surface area (Å²) in [7, 11) is 0. The third-order valence-corrected chi connectivity index (χ3v) is 4.80. The Hall–Kier alpha value is -2.74. The fraction of sp³-hybridized carbons (Fsp3) is 0.300. The van der Waals surface area contributed by atoms with Gasteiger partial charge in [-0.3, -0.25) is 4.79 Å². The number of carbonyl (C=O) groups excluding carboxylic acids is 1. The Kier molecular flexibility index (Phi) is 5.75. The number of aliphatic carboxylic acids is 1. The number of ether oxygens (including phenoxy) is 1. The van der Waals surface area contributed by atoms with Gasteiger partial charge in [-0.25, -0.2) is 18.0 Å². The molecule has 0 radical (unpaired) electrons. The van der Waals surface area contributed by atoms with Gasteiger partial charge in [0, 0.05) is 23.6 Å². The predicted molar refractivity (Wildman–Crippen MR) is 100 cm³/mol. The van der Waals surface area contributed by atoms with Gasteiger partial charge in [-0.2, -0.15) is 0 Å². The molecule has 3 rings (SSSR count). The number of carboxylic acid groups (broad SMARTS) is 1. The molecule has 0 bridgehead atoms. The van der Waals surface area contributed by atoms with Crippen molar-refractivity contribution in [2.24, 2.45) is 0 Å². The van der Waals surface area contributed by atoms with Crippen LogP contribution in [0.15, 0.2) is 36.4 Å². The molecule has 2 aromatic rings. The Balaban J connectivity index is 1.91. The summed E-state index contributed by atoms with van der Waals surface area (Å²) < 4.78 is 46.7. The van der Waals surface area contributed by atoms with E-state index in [9.17, 15) is 22.8 Å². The smallest absolute Gasteiger partial charge is 0.344 e. The maximum absolute atomic E-state index is 14.7. The molecule has 1 fully saturated rings. The first-order chi connectivity index (χ1) is 13.6. The third-order valence-electron chi connectivity index (χ3n) is 4.56. The molecule has 1 N–H and O–H groups in total. The van der Waals surface area contributed by atoms with Crippen LogP contribution in [0.5, 0.6) is 5.75 Å². The number of benzene rings is 2. The van der Waals surface area contributed by atoms with E-state index in [0.29, 0.717) is 16.1 Å². The molecule has 1 unspecified atom stereocenters. The number of halogens is 4. The first kappa shape index (κ1) is 21.0. The summed E-state index contributed by atoms with van der Waals surface area (Å²) in [5.74, 6) is -5.68. The van der Waals surface area contributed by atoms with E-state index >= 15 is 0 Å². The SMILES string of the molecule is CC(Oc1ccc(Cl)cc1-c1ccc(C(=O)N2CCC(F)(F)C2)c(F)c1)C(=O)O. The van der Waals surface area contributed by atoms with Gasteiger partial charge in [0.05, 0.1) is 12.1 Å². The standard InChI is InChI=1S/C20H17ClF3NO4/c1-11(19(27)28)29-17-5-3-13(21)9-15(17)12-2-4-14(16(22)8-12)18(26)25-7-6-20(23,24)10-25/h2-5,8-9,11H,6-7,10H2,1H3,(H,27,28). The average molecular weight is 428 g/mol. The largest absolute Gasteiger partial charge is 0.479 e. The van der Waals surface area contributed by atoms with E-state index in [1.165, 1.54) is 37.3 Å². The lowest BCUT2D eigenvalue weighted by molar-refractivity contribution is -0.144. The lowest BCUT2D eigenvalue weighted by Crippen LogP contribution is -2.31. The van der Waals surface area contributed by atoms with Crippen LogP contribution in [-0.4, -0.2) is 47.0 Å². The second-order valence-electron chi connectivity index (χ2n) is 6.77.